The van der Waals surface area contributed by atoms with Crippen LogP contribution in [0.4, 0.5) is 5.69 Å². The van der Waals surface area contributed by atoms with Crippen molar-refractivity contribution < 1.29 is 9.59 Å². The Kier molecular flexibility index (Phi) is 4.15. The van der Waals surface area contributed by atoms with E-state index in [1.165, 1.54) is 0 Å². The summed E-state index contributed by atoms with van der Waals surface area (Å²) in [6, 6.07) is 12.4. The molecule has 0 aliphatic heterocycles. The summed E-state index contributed by atoms with van der Waals surface area (Å²) >= 11 is 0. The molecule has 2 amide bonds. The molecular weight excluding hydrogens is 306 g/mol. The van der Waals surface area contributed by atoms with Gasteiger partial charge in [0.15, 0.2) is 0 Å². The molecule has 0 spiro atoms. The zero-order valence-corrected chi connectivity index (χ0v) is 13.3. The molecule has 0 atom stereocenters. The number of nitrogens with zero attached hydrogens (tertiary/aromatic N) is 2. The van der Waals surface area contributed by atoms with Gasteiger partial charge in [0.25, 0.3) is 11.8 Å². The van der Waals surface area contributed by atoms with Crippen molar-refractivity contribution in [1.29, 1.82) is 0 Å². The van der Waals surface area contributed by atoms with E-state index in [4.69, 9.17) is 0 Å². The molecular formula is C17H17N5O2. The van der Waals surface area contributed by atoms with Crippen LogP contribution in [0.2, 0.25) is 0 Å². The molecule has 1 aromatic heterocycles. The van der Waals surface area contributed by atoms with E-state index in [1.807, 2.05) is 31.1 Å². The van der Waals surface area contributed by atoms with Crippen molar-refractivity contribution in [1.82, 2.24) is 21.0 Å². The van der Waals surface area contributed by atoms with Gasteiger partial charge in [0.1, 0.15) is 0 Å². The molecule has 0 bridgehead atoms. The average molecular weight is 323 g/mol. The maximum Gasteiger partial charge on any atom is 0.271 e. The smallest absolute Gasteiger partial charge is 0.271 e. The van der Waals surface area contributed by atoms with E-state index in [1.54, 1.807) is 36.5 Å². The summed E-state index contributed by atoms with van der Waals surface area (Å²) in [4.78, 5) is 26.4. The molecule has 24 heavy (non-hydrogen) atoms. The Morgan fingerprint density at radius 1 is 1.04 bits per heavy atom. The van der Waals surface area contributed by atoms with Crippen LogP contribution in [-0.4, -0.2) is 36.1 Å². The molecule has 0 unspecified atom stereocenters. The number of para-hydroxylation sites is 1. The first kappa shape index (κ1) is 15.5. The Labute approximate surface area is 138 Å². The van der Waals surface area contributed by atoms with E-state index in [0.29, 0.717) is 16.6 Å². The number of hydrazine groups is 1. The van der Waals surface area contributed by atoms with Crippen molar-refractivity contribution in [3.8, 4) is 0 Å². The number of aromatic amines is 1. The minimum atomic E-state index is -0.415. The molecule has 3 rings (SSSR count). The molecule has 7 heteroatoms. The standard InChI is InChI=1S/C17H17N5O2/c1-22(2)13-7-3-5-11(9-13)16(23)20-21-17(24)14-8-4-6-12-10-18-19-15(12)14/h3-10H,1-2H3,(H,18,19)(H,20,23)(H,21,24). The van der Waals surface area contributed by atoms with Crippen molar-refractivity contribution in [2.24, 2.45) is 0 Å². The lowest BCUT2D eigenvalue weighted by Gasteiger charge is -2.13. The van der Waals surface area contributed by atoms with Gasteiger partial charge in [0, 0.05) is 30.7 Å². The van der Waals surface area contributed by atoms with Gasteiger partial charge in [-0.15, -0.1) is 0 Å². The molecule has 1 heterocycles. The highest BCUT2D eigenvalue weighted by Crippen LogP contribution is 2.15. The number of hydrogen-bond acceptors (Lipinski definition) is 4. The Bertz CT molecular complexity index is 901. The van der Waals surface area contributed by atoms with Crippen LogP contribution in [0.1, 0.15) is 20.7 Å². The van der Waals surface area contributed by atoms with Gasteiger partial charge in [-0.05, 0) is 24.3 Å². The number of hydrogen-bond donors (Lipinski definition) is 3. The Hall–Kier alpha value is -3.35. The second kappa shape index (κ2) is 6.41. The summed E-state index contributed by atoms with van der Waals surface area (Å²) in [6.07, 6.45) is 1.64. The first-order valence-electron chi connectivity index (χ1n) is 7.36. The van der Waals surface area contributed by atoms with Gasteiger partial charge in [0.2, 0.25) is 0 Å². The lowest BCUT2D eigenvalue weighted by atomic mass is 10.1. The first-order chi connectivity index (χ1) is 11.6. The number of fused-ring (bicyclic) bond motifs is 1. The topological polar surface area (TPSA) is 90.1 Å². The highest BCUT2D eigenvalue weighted by Gasteiger charge is 2.13. The quantitative estimate of drug-likeness (QED) is 0.640. The summed E-state index contributed by atoms with van der Waals surface area (Å²) in [7, 11) is 3.79. The number of carbonyl (C=O) groups excluding carboxylic acids is 2. The molecule has 0 radical (unpaired) electrons. The molecule has 122 valence electrons. The number of aromatic nitrogens is 2. The second-order valence-electron chi connectivity index (χ2n) is 5.49. The molecule has 0 fully saturated rings. The van der Waals surface area contributed by atoms with E-state index in [0.717, 1.165) is 11.1 Å². The Morgan fingerprint density at radius 3 is 2.58 bits per heavy atom. The molecule has 7 nitrogen and oxygen atoms in total. The molecule has 0 aliphatic carbocycles. The van der Waals surface area contributed by atoms with Crippen molar-refractivity contribution in [2.75, 3.05) is 19.0 Å². The summed E-state index contributed by atoms with van der Waals surface area (Å²) in [5.74, 6) is -0.800. The first-order valence-corrected chi connectivity index (χ1v) is 7.36. The summed E-state index contributed by atoms with van der Waals surface area (Å²) < 4.78 is 0. The molecule has 2 aromatic carbocycles. The van der Waals surface area contributed by atoms with Crippen LogP contribution in [0.15, 0.2) is 48.7 Å². The van der Waals surface area contributed by atoms with Gasteiger partial charge in [-0.3, -0.25) is 25.5 Å². The van der Waals surface area contributed by atoms with Crippen molar-refractivity contribution in [2.45, 2.75) is 0 Å². The van der Waals surface area contributed by atoms with E-state index in [9.17, 15) is 9.59 Å². The van der Waals surface area contributed by atoms with Crippen LogP contribution in [-0.2, 0) is 0 Å². The van der Waals surface area contributed by atoms with E-state index in [2.05, 4.69) is 21.0 Å². The maximum absolute atomic E-state index is 12.3. The van der Waals surface area contributed by atoms with Crippen LogP contribution in [0.3, 0.4) is 0 Å². The predicted octanol–water partition coefficient (Wildman–Crippen LogP) is 1.70. The molecule has 0 saturated heterocycles. The molecule has 3 N–H and O–H groups in total. The minimum Gasteiger partial charge on any atom is -0.378 e. The number of carbonyl (C=O) groups is 2. The van der Waals surface area contributed by atoms with Gasteiger partial charge in [-0.25, -0.2) is 0 Å². The van der Waals surface area contributed by atoms with Gasteiger partial charge in [0.05, 0.1) is 17.3 Å². The van der Waals surface area contributed by atoms with Crippen LogP contribution < -0.4 is 15.8 Å². The van der Waals surface area contributed by atoms with Crippen molar-refractivity contribution >= 4 is 28.4 Å². The number of benzene rings is 2. The van der Waals surface area contributed by atoms with Crippen LogP contribution in [0.5, 0.6) is 0 Å². The minimum absolute atomic E-state index is 0.385. The highest BCUT2D eigenvalue weighted by molar-refractivity contribution is 6.06. The second-order valence-corrected chi connectivity index (χ2v) is 5.49. The maximum atomic E-state index is 12.3. The lowest BCUT2D eigenvalue weighted by molar-refractivity contribution is 0.0847. The third-order valence-electron chi connectivity index (χ3n) is 3.64. The molecule has 0 aliphatic rings. The largest absolute Gasteiger partial charge is 0.378 e. The summed E-state index contributed by atoms with van der Waals surface area (Å²) in [5.41, 5.74) is 7.25. The fourth-order valence-electron chi connectivity index (χ4n) is 2.34. The predicted molar refractivity (Wildman–Crippen MR) is 91.8 cm³/mol. The van der Waals surface area contributed by atoms with E-state index in [-0.39, 0.29) is 5.91 Å². The highest BCUT2D eigenvalue weighted by atomic mass is 16.2. The van der Waals surface area contributed by atoms with Crippen LogP contribution in [0.25, 0.3) is 10.9 Å². The van der Waals surface area contributed by atoms with Crippen LogP contribution >= 0.6 is 0 Å². The fourth-order valence-corrected chi connectivity index (χ4v) is 2.34. The van der Waals surface area contributed by atoms with Crippen molar-refractivity contribution in [3.63, 3.8) is 0 Å². The summed E-state index contributed by atoms with van der Waals surface area (Å²) in [6.45, 7) is 0. The number of H-pyrrole nitrogens is 1. The van der Waals surface area contributed by atoms with Gasteiger partial charge >= 0.3 is 0 Å². The third-order valence-corrected chi connectivity index (χ3v) is 3.64. The number of nitrogens with one attached hydrogen (secondary N) is 3. The Morgan fingerprint density at radius 2 is 1.79 bits per heavy atom. The lowest BCUT2D eigenvalue weighted by Crippen LogP contribution is -2.41. The van der Waals surface area contributed by atoms with E-state index >= 15 is 0 Å². The SMILES string of the molecule is CN(C)c1cccc(C(=O)NNC(=O)c2cccc3cn[nH]c23)c1. The van der Waals surface area contributed by atoms with Gasteiger partial charge in [-0.2, -0.15) is 5.10 Å². The summed E-state index contributed by atoms with van der Waals surface area (Å²) in [5, 5.41) is 7.52. The van der Waals surface area contributed by atoms with Gasteiger partial charge < -0.3 is 4.90 Å². The fraction of sp³-hybridized carbons (Fsp3) is 0.118. The molecule has 3 aromatic rings. The number of amides is 2. The average Bonchev–Trinajstić information content (AvgIpc) is 3.08. The van der Waals surface area contributed by atoms with E-state index < -0.39 is 5.91 Å². The van der Waals surface area contributed by atoms with Crippen LogP contribution in [0, 0.1) is 0 Å². The van der Waals surface area contributed by atoms with Crippen molar-refractivity contribution in [3.05, 3.63) is 59.8 Å². The monoisotopic (exact) mass is 323 g/mol. The Balaban J connectivity index is 1.71. The number of rotatable bonds is 3. The molecule has 0 saturated carbocycles. The normalized spacial score (nSPS) is 10.4. The van der Waals surface area contributed by atoms with Gasteiger partial charge in [-0.1, -0.05) is 18.2 Å². The number of anilines is 1. The third kappa shape index (κ3) is 3.05. The zero-order chi connectivity index (χ0) is 17.1. The zero-order valence-electron chi connectivity index (χ0n) is 13.3.